The van der Waals surface area contributed by atoms with Gasteiger partial charge in [0.1, 0.15) is 5.82 Å². The molecule has 0 saturated heterocycles. The van der Waals surface area contributed by atoms with Crippen molar-refractivity contribution < 1.29 is 9.18 Å². The van der Waals surface area contributed by atoms with E-state index in [-0.39, 0.29) is 11.7 Å². The van der Waals surface area contributed by atoms with Crippen molar-refractivity contribution in [2.75, 3.05) is 7.05 Å². The molecule has 0 aliphatic heterocycles. The average molecular weight is 354 g/mol. The highest BCUT2D eigenvalue weighted by molar-refractivity contribution is 5.95. The van der Waals surface area contributed by atoms with E-state index in [9.17, 15) is 9.18 Å². The summed E-state index contributed by atoms with van der Waals surface area (Å²) in [7, 11) is 1.78. The van der Waals surface area contributed by atoms with Gasteiger partial charge >= 0.3 is 0 Å². The summed E-state index contributed by atoms with van der Waals surface area (Å²) >= 11 is 0. The number of nitrogens with zero attached hydrogens (tertiary/aromatic N) is 2. The Kier molecular flexibility index (Phi) is 4.49. The van der Waals surface area contributed by atoms with E-state index >= 15 is 0 Å². The Morgan fingerprint density at radius 1 is 1.27 bits per heavy atom. The molecule has 26 heavy (non-hydrogen) atoms. The Labute approximate surface area is 151 Å². The van der Waals surface area contributed by atoms with Crippen molar-refractivity contribution >= 4 is 16.8 Å². The van der Waals surface area contributed by atoms with Crippen molar-refractivity contribution in [3.8, 4) is 0 Å². The smallest absolute Gasteiger partial charge is 0.257 e. The molecule has 4 rings (SSSR count). The number of fused-ring (bicyclic) bond motifs is 1. The van der Waals surface area contributed by atoms with Crippen molar-refractivity contribution in [3.63, 3.8) is 0 Å². The van der Waals surface area contributed by atoms with Crippen LogP contribution in [-0.4, -0.2) is 33.0 Å². The van der Waals surface area contributed by atoms with E-state index in [1.54, 1.807) is 24.2 Å². The Hall–Kier alpha value is -2.63. The maximum atomic E-state index is 13.4. The van der Waals surface area contributed by atoms with Crippen molar-refractivity contribution in [3.05, 3.63) is 53.2 Å². The molecule has 2 heterocycles. The first-order valence-corrected chi connectivity index (χ1v) is 9.17. The number of amides is 1. The number of aromatic nitrogens is 3. The zero-order chi connectivity index (χ0) is 18.1. The van der Waals surface area contributed by atoms with Gasteiger partial charge in [-0.05, 0) is 37.1 Å². The monoisotopic (exact) mass is 354 g/mol. The molecule has 6 heteroatoms. The SMILES string of the molecule is CN(Cc1cc2cc(F)ccc2[nH]1)C(=O)c1cn[nH]c1C1CCCCC1. The number of carbonyl (C=O) groups excluding carboxylic acids is 1. The Bertz CT molecular complexity index is 923. The quantitative estimate of drug-likeness (QED) is 0.731. The number of nitrogens with one attached hydrogen (secondary N) is 2. The fourth-order valence-corrected chi connectivity index (χ4v) is 3.95. The summed E-state index contributed by atoms with van der Waals surface area (Å²) in [5, 5.41) is 8.00. The van der Waals surface area contributed by atoms with Gasteiger partial charge in [-0.2, -0.15) is 5.10 Å². The van der Waals surface area contributed by atoms with Crippen molar-refractivity contribution in [1.82, 2.24) is 20.1 Å². The molecule has 3 aromatic rings. The molecule has 136 valence electrons. The Morgan fingerprint density at radius 3 is 2.88 bits per heavy atom. The van der Waals surface area contributed by atoms with Crippen LogP contribution in [0.15, 0.2) is 30.5 Å². The number of halogens is 1. The third kappa shape index (κ3) is 3.23. The number of aromatic amines is 2. The number of hydrogen-bond donors (Lipinski definition) is 2. The fraction of sp³-hybridized carbons (Fsp3) is 0.400. The lowest BCUT2D eigenvalue weighted by molar-refractivity contribution is 0.0781. The van der Waals surface area contributed by atoms with Crippen molar-refractivity contribution in [1.29, 1.82) is 0 Å². The highest BCUT2D eigenvalue weighted by Crippen LogP contribution is 2.33. The zero-order valence-electron chi connectivity index (χ0n) is 14.9. The van der Waals surface area contributed by atoms with E-state index in [4.69, 9.17) is 0 Å². The van der Waals surface area contributed by atoms with Gasteiger partial charge in [0.25, 0.3) is 5.91 Å². The maximum Gasteiger partial charge on any atom is 0.257 e. The molecule has 0 atom stereocenters. The lowest BCUT2D eigenvalue weighted by Crippen LogP contribution is -2.27. The van der Waals surface area contributed by atoms with E-state index in [1.165, 1.54) is 31.4 Å². The van der Waals surface area contributed by atoms with Crippen LogP contribution in [0.25, 0.3) is 10.9 Å². The summed E-state index contributed by atoms with van der Waals surface area (Å²) in [5.74, 6) is 0.0989. The predicted molar refractivity (Wildman–Crippen MR) is 98.5 cm³/mol. The summed E-state index contributed by atoms with van der Waals surface area (Å²) < 4.78 is 13.4. The average Bonchev–Trinajstić information content (AvgIpc) is 3.27. The summed E-state index contributed by atoms with van der Waals surface area (Å²) in [6, 6.07) is 6.53. The molecule has 0 unspecified atom stereocenters. The number of hydrogen-bond acceptors (Lipinski definition) is 2. The van der Waals surface area contributed by atoms with Gasteiger partial charge in [-0.3, -0.25) is 9.89 Å². The molecule has 1 fully saturated rings. The minimum atomic E-state index is -0.261. The van der Waals surface area contributed by atoms with E-state index < -0.39 is 0 Å². The van der Waals surface area contributed by atoms with Crippen LogP contribution < -0.4 is 0 Å². The standard InChI is InChI=1S/C20H23FN4O/c1-25(12-16-10-14-9-15(21)7-8-18(14)23-16)20(26)17-11-22-24-19(17)13-5-3-2-4-6-13/h7-11,13,23H,2-6,12H2,1H3,(H,22,24). The summed E-state index contributed by atoms with van der Waals surface area (Å²) in [6.07, 6.45) is 7.55. The molecule has 0 radical (unpaired) electrons. The van der Waals surface area contributed by atoms with Crippen LogP contribution in [-0.2, 0) is 6.54 Å². The highest BCUT2D eigenvalue weighted by atomic mass is 19.1. The second kappa shape index (κ2) is 6.94. The van der Waals surface area contributed by atoms with Gasteiger partial charge in [0.15, 0.2) is 0 Å². The van der Waals surface area contributed by atoms with Gasteiger partial charge in [-0.15, -0.1) is 0 Å². The second-order valence-electron chi connectivity index (χ2n) is 7.22. The van der Waals surface area contributed by atoms with Gasteiger partial charge in [0, 0.05) is 29.6 Å². The molecule has 1 aromatic carbocycles. The van der Waals surface area contributed by atoms with Gasteiger partial charge < -0.3 is 9.88 Å². The van der Waals surface area contributed by atoms with Gasteiger partial charge in [0.2, 0.25) is 0 Å². The number of rotatable bonds is 4. The minimum absolute atomic E-state index is 0.0378. The van der Waals surface area contributed by atoms with Crippen molar-refractivity contribution in [2.24, 2.45) is 0 Å². The lowest BCUT2D eigenvalue weighted by Gasteiger charge is -2.22. The Morgan fingerprint density at radius 2 is 2.08 bits per heavy atom. The van der Waals surface area contributed by atoms with Crippen LogP contribution in [0.2, 0.25) is 0 Å². The molecule has 0 spiro atoms. The molecular weight excluding hydrogens is 331 g/mol. The van der Waals surface area contributed by atoms with E-state index in [0.29, 0.717) is 18.0 Å². The first kappa shape index (κ1) is 16.8. The minimum Gasteiger partial charge on any atom is -0.357 e. The molecule has 1 saturated carbocycles. The van der Waals surface area contributed by atoms with Crippen LogP contribution in [0.1, 0.15) is 59.8 Å². The highest BCUT2D eigenvalue weighted by Gasteiger charge is 2.25. The van der Waals surface area contributed by atoms with Crippen LogP contribution in [0.3, 0.4) is 0 Å². The summed E-state index contributed by atoms with van der Waals surface area (Å²) in [4.78, 5) is 17.9. The molecule has 1 aliphatic rings. The number of H-pyrrole nitrogens is 2. The molecule has 0 bridgehead atoms. The molecule has 2 aromatic heterocycles. The zero-order valence-corrected chi connectivity index (χ0v) is 14.9. The van der Waals surface area contributed by atoms with Gasteiger partial charge in [0.05, 0.1) is 24.0 Å². The largest absolute Gasteiger partial charge is 0.357 e. The van der Waals surface area contributed by atoms with E-state index in [2.05, 4.69) is 15.2 Å². The van der Waals surface area contributed by atoms with E-state index in [1.807, 2.05) is 6.07 Å². The fourth-order valence-electron chi connectivity index (χ4n) is 3.95. The van der Waals surface area contributed by atoms with E-state index in [0.717, 1.165) is 35.1 Å². The molecule has 5 nitrogen and oxygen atoms in total. The topological polar surface area (TPSA) is 64.8 Å². The number of carbonyl (C=O) groups is 1. The first-order chi connectivity index (χ1) is 12.6. The predicted octanol–water partition coefficient (Wildman–Crippen LogP) is 4.35. The second-order valence-corrected chi connectivity index (χ2v) is 7.22. The Balaban J connectivity index is 1.51. The molecule has 1 aliphatic carbocycles. The maximum absolute atomic E-state index is 13.4. The third-order valence-corrected chi connectivity index (χ3v) is 5.31. The van der Waals surface area contributed by atoms with Gasteiger partial charge in [-0.1, -0.05) is 19.3 Å². The first-order valence-electron chi connectivity index (χ1n) is 9.17. The lowest BCUT2D eigenvalue weighted by atomic mass is 9.85. The molecular formula is C20H23FN4O. The normalized spacial score (nSPS) is 15.5. The van der Waals surface area contributed by atoms with Crippen LogP contribution >= 0.6 is 0 Å². The van der Waals surface area contributed by atoms with Crippen LogP contribution in [0.4, 0.5) is 4.39 Å². The molecule has 2 N–H and O–H groups in total. The van der Waals surface area contributed by atoms with Crippen LogP contribution in [0, 0.1) is 5.82 Å². The summed E-state index contributed by atoms with van der Waals surface area (Å²) in [6.45, 7) is 0.435. The van der Waals surface area contributed by atoms with Crippen molar-refractivity contribution in [2.45, 2.75) is 44.6 Å². The third-order valence-electron chi connectivity index (χ3n) is 5.31. The summed E-state index contributed by atoms with van der Waals surface area (Å²) in [5.41, 5.74) is 3.39. The molecule has 1 amide bonds. The van der Waals surface area contributed by atoms with Crippen LogP contribution in [0.5, 0.6) is 0 Å². The van der Waals surface area contributed by atoms with Gasteiger partial charge in [-0.25, -0.2) is 4.39 Å². The number of benzene rings is 1.